The molecule has 0 spiro atoms. The van der Waals surface area contributed by atoms with Crippen LogP contribution in [0.1, 0.15) is 36.8 Å². The minimum atomic E-state index is 0.677. The van der Waals surface area contributed by atoms with Gasteiger partial charge in [-0.3, -0.25) is 0 Å². The van der Waals surface area contributed by atoms with Crippen LogP contribution >= 0.6 is 0 Å². The van der Waals surface area contributed by atoms with Crippen LogP contribution in [0.15, 0.2) is 30.5 Å². The normalized spacial score (nSPS) is 14.1. The van der Waals surface area contributed by atoms with Gasteiger partial charge in [-0.25, -0.2) is 9.97 Å². The van der Waals surface area contributed by atoms with Crippen LogP contribution in [0.2, 0.25) is 0 Å². The molecule has 6 nitrogen and oxygen atoms in total. The summed E-state index contributed by atoms with van der Waals surface area (Å²) in [5.74, 6) is 3.06. The highest BCUT2D eigenvalue weighted by atomic mass is 16.5. The van der Waals surface area contributed by atoms with Crippen LogP contribution in [0.25, 0.3) is 22.3 Å². The number of hydrogen-bond acceptors (Lipinski definition) is 6. The lowest BCUT2D eigenvalue weighted by molar-refractivity contribution is 0.277. The number of aromatic nitrogens is 2. The average molecular weight is 436 g/mol. The molecule has 1 aliphatic rings. The molecule has 1 saturated heterocycles. The third kappa shape index (κ3) is 4.96. The van der Waals surface area contributed by atoms with Gasteiger partial charge in [-0.2, -0.15) is 0 Å². The quantitative estimate of drug-likeness (QED) is 0.431. The average Bonchev–Trinajstić information content (AvgIpc) is 3.32. The third-order valence-corrected chi connectivity index (χ3v) is 6.12. The molecular formula is C26H33N3O3. The van der Waals surface area contributed by atoms with Crippen LogP contribution in [-0.2, 0) is 0 Å². The summed E-state index contributed by atoms with van der Waals surface area (Å²) in [5.41, 5.74) is 3.97. The molecule has 1 aliphatic heterocycles. The van der Waals surface area contributed by atoms with Gasteiger partial charge in [0.15, 0.2) is 5.82 Å². The Labute approximate surface area is 190 Å². The Hall–Kier alpha value is -2.86. The first-order valence-corrected chi connectivity index (χ1v) is 11.4. The molecule has 2 heterocycles. The Morgan fingerprint density at radius 2 is 1.69 bits per heavy atom. The van der Waals surface area contributed by atoms with E-state index in [1.165, 1.54) is 38.9 Å². The lowest BCUT2D eigenvalue weighted by atomic mass is 10.0. The zero-order valence-corrected chi connectivity index (χ0v) is 19.6. The molecule has 0 N–H and O–H groups in total. The molecule has 170 valence electrons. The minimum absolute atomic E-state index is 0.677. The van der Waals surface area contributed by atoms with Gasteiger partial charge in [0.25, 0.3) is 0 Å². The third-order valence-electron chi connectivity index (χ3n) is 6.12. The van der Waals surface area contributed by atoms with E-state index in [0.717, 1.165) is 46.4 Å². The Kier molecular flexibility index (Phi) is 7.10. The molecule has 0 aliphatic carbocycles. The molecule has 0 bridgehead atoms. The van der Waals surface area contributed by atoms with E-state index in [4.69, 9.17) is 19.2 Å². The van der Waals surface area contributed by atoms with Crippen molar-refractivity contribution in [2.24, 2.45) is 0 Å². The topological polar surface area (TPSA) is 56.7 Å². The molecule has 0 radical (unpaired) electrons. The van der Waals surface area contributed by atoms with Crippen LogP contribution in [0, 0.1) is 13.8 Å². The number of likely N-dealkylation sites (tertiary alicyclic amines) is 1. The fourth-order valence-corrected chi connectivity index (χ4v) is 4.43. The second-order valence-electron chi connectivity index (χ2n) is 8.50. The second kappa shape index (κ2) is 10.2. The van der Waals surface area contributed by atoms with Crippen molar-refractivity contribution in [1.29, 1.82) is 0 Å². The summed E-state index contributed by atoms with van der Waals surface area (Å²) in [6.45, 7) is 8.64. The van der Waals surface area contributed by atoms with Gasteiger partial charge in [-0.1, -0.05) is 0 Å². The fourth-order valence-electron chi connectivity index (χ4n) is 4.43. The lowest BCUT2D eigenvalue weighted by Crippen LogP contribution is -2.20. The number of hydrogen-bond donors (Lipinski definition) is 0. The number of nitrogens with zero attached hydrogens (tertiary/aromatic N) is 3. The number of aryl methyl sites for hydroxylation is 2. The molecule has 32 heavy (non-hydrogen) atoms. The second-order valence-corrected chi connectivity index (χ2v) is 8.50. The molecule has 1 fully saturated rings. The Morgan fingerprint density at radius 1 is 0.938 bits per heavy atom. The summed E-state index contributed by atoms with van der Waals surface area (Å²) < 4.78 is 17.0. The number of benzene rings is 2. The number of unbranched alkanes of at least 4 members (excludes halogenated alkanes) is 1. The van der Waals surface area contributed by atoms with Crippen molar-refractivity contribution in [3.8, 4) is 28.6 Å². The van der Waals surface area contributed by atoms with Crippen molar-refractivity contribution in [3.05, 3.63) is 41.6 Å². The van der Waals surface area contributed by atoms with Crippen LogP contribution in [0.3, 0.4) is 0 Å². The predicted octanol–water partition coefficient (Wildman–Crippen LogP) is 5.19. The van der Waals surface area contributed by atoms with Gasteiger partial charge in [0, 0.05) is 23.9 Å². The van der Waals surface area contributed by atoms with E-state index in [1.54, 1.807) is 14.2 Å². The summed E-state index contributed by atoms with van der Waals surface area (Å²) in [5, 5.41) is 0.861. The smallest absolute Gasteiger partial charge is 0.159 e. The molecule has 0 unspecified atom stereocenters. The van der Waals surface area contributed by atoms with E-state index in [1.807, 2.05) is 18.3 Å². The molecule has 6 heteroatoms. The van der Waals surface area contributed by atoms with Gasteiger partial charge in [-0.15, -0.1) is 0 Å². The number of ether oxygens (including phenoxy) is 3. The highest BCUT2D eigenvalue weighted by Gasteiger charge is 2.13. The predicted molar refractivity (Wildman–Crippen MR) is 128 cm³/mol. The maximum Gasteiger partial charge on any atom is 0.159 e. The van der Waals surface area contributed by atoms with E-state index in [9.17, 15) is 0 Å². The molecule has 0 saturated carbocycles. The molecular weight excluding hydrogens is 402 g/mol. The fraction of sp³-hybridized carbons (Fsp3) is 0.462. The van der Waals surface area contributed by atoms with E-state index in [-0.39, 0.29) is 0 Å². The van der Waals surface area contributed by atoms with Crippen molar-refractivity contribution < 1.29 is 14.2 Å². The number of fused-ring (bicyclic) bond motifs is 1. The maximum atomic E-state index is 6.16. The summed E-state index contributed by atoms with van der Waals surface area (Å²) in [4.78, 5) is 11.9. The SMILES string of the molecule is COc1cc(OC)c2cnc(-c3cc(C)c(OCCCCN4CCCC4)c(C)c3)nc2c1. The van der Waals surface area contributed by atoms with Gasteiger partial charge in [0.2, 0.25) is 0 Å². The van der Waals surface area contributed by atoms with Crippen molar-refractivity contribution in [1.82, 2.24) is 14.9 Å². The van der Waals surface area contributed by atoms with Gasteiger partial charge in [-0.05, 0) is 82.4 Å². The van der Waals surface area contributed by atoms with Crippen LogP contribution < -0.4 is 14.2 Å². The van der Waals surface area contributed by atoms with E-state index in [2.05, 4.69) is 35.9 Å². The Bertz CT molecular complexity index is 1050. The van der Waals surface area contributed by atoms with Crippen molar-refractivity contribution in [2.45, 2.75) is 39.5 Å². The van der Waals surface area contributed by atoms with E-state index < -0.39 is 0 Å². The molecule has 4 rings (SSSR count). The maximum absolute atomic E-state index is 6.16. The summed E-state index contributed by atoms with van der Waals surface area (Å²) in [6.07, 6.45) is 6.78. The van der Waals surface area contributed by atoms with Gasteiger partial charge in [0.05, 0.1) is 31.7 Å². The van der Waals surface area contributed by atoms with Gasteiger partial charge in [0.1, 0.15) is 17.2 Å². The first-order chi connectivity index (χ1) is 15.6. The molecule has 0 atom stereocenters. The van der Waals surface area contributed by atoms with E-state index in [0.29, 0.717) is 17.3 Å². The monoisotopic (exact) mass is 435 g/mol. The zero-order chi connectivity index (χ0) is 22.5. The summed E-state index contributed by atoms with van der Waals surface area (Å²) in [6, 6.07) is 7.95. The first-order valence-electron chi connectivity index (χ1n) is 11.4. The summed E-state index contributed by atoms with van der Waals surface area (Å²) in [7, 11) is 3.28. The highest BCUT2D eigenvalue weighted by Crippen LogP contribution is 2.33. The van der Waals surface area contributed by atoms with Crippen LogP contribution in [0.4, 0.5) is 0 Å². The van der Waals surface area contributed by atoms with Gasteiger partial charge >= 0.3 is 0 Å². The van der Waals surface area contributed by atoms with Gasteiger partial charge < -0.3 is 19.1 Å². The number of rotatable bonds is 9. The Balaban J connectivity index is 1.47. The summed E-state index contributed by atoms with van der Waals surface area (Å²) >= 11 is 0. The molecule has 0 amide bonds. The van der Waals surface area contributed by atoms with Crippen molar-refractivity contribution >= 4 is 10.9 Å². The van der Waals surface area contributed by atoms with Crippen LogP contribution in [-0.4, -0.2) is 55.3 Å². The standard InChI is InChI=1S/C26H33N3O3/c1-18-13-20(14-19(2)25(18)32-12-8-7-11-29-9-5-6-10-29)26-27-17-22-23(28-26)15-21(30-3)16-24(22)31-4/h13-17H,5-12H2,1-4H3. The lowest BCUT2D eigenvalue weighted by Gasteiger charge is -2.16. The first kappa shape index (κ1) is 22.3. The largest absolute Gasteiger partial charge is 0.497 e. The van der Waals surface area contributed by atoms with Crippen molar-refractivity contribution in [2.75, 3.05) is 40.5 Å². The highest BCUT2D eigenvalue weighted by molar-refractivity contribution is 5.87. The molecule has 1 aromatic heterocycles. The zero-order valence-electron chi connectivity index (χ0n) is 19.6. The number of methoxy groups -OCH3 is 2. The van der Waals surface area contributed by atoms with E-state index >= 15 is 0 Å². The molecule has 2 aromatic carbocycles. The Morgan fingerprint density at radius 3 is 2.38 bits per heavy atom. The minimum Gasteiger partial charge on any atom is -0.497 e. The van der Waals surface area contributed by atoms with Crippen molar-refractivity contribution in [3.63, 3.8) is 0 Å². The molecule has 3 aromatic rings. The van der Waals surface area contributed by atoms with Crippen LogP contribution in [0.5, 0.6) is 17.2 Å².